The Morgan fingerprint density at radius 1 is 1.03 bits per heavy atom. The number of hydrogen-bond acceptors (Lipinski definition) is 5. The maximum Gasteiger partial charge on any atom is 0.229 e. The highest BCUT2D eigenvalue weighted by Crippen LogP contribution is 2.43. The van der Waals surface area contributed by atoms with E-state index < -0.39 is 10.0 Å². The Balaban J connectivity index is 1.59. The quantitative estimate of drug-likeness (QED) is 0.349. The highest BCUT2D eigenvalue weighted by atomic mass is 32.2. The molecular formula is C26H25N5O3S2. The third kappa shape index (κ3) is 4.77. The highest BCUT2D eigenvalue weighted by molar-refractivity contribution is 7.92. The minimum Gasteiger partial charge on any atom is -0.494 e. The van der Waals surface area contributed by atoms with E-state index in [1.165, 1.54) is 7.11 Å². The summed E-state index contributed by atoms with van der Waals surface area (Å²) < 4.78 is 33.7. The molecule has 0 spiro atoms. The van der Waals surface area contributed by atoms with Crippen molar-refractivity contribution in [2.75, 3.05) is 23.0 Å². The fourth-order valence-electron chi connectivity index (χ4n) is 4.43. The first kappa shape index (κ1) is 23.8. The lowest BCUT2D eigenvalue weighted by molar-refractivity contribution is 0.417. The SMILES string of the molecule is COc1cc(N2C(=S)N[C@H](c3ccccn3)[C@H]2c2ccn(-c3ccccc3)c2)ccc1NS(C)(=O)=O. The van der Waals surface area contributed by atoms with E-state index in [2.05, 4.69) is 31.9 Å². The van der Waals surface area contributed by atoms with Crippen LogP contribution in [0.3, 0.4) is 0 Å². The molecule has 0 saturated carbocycles. The van der Waals surface area contributed by atoms with Crippen molar-refractivity contribution in [3.63, 3.8) is 0 Å². The van der Waals surface area contributed by atoms with Gasteiger partial charge in [0.2, 0.25) is 10.0 Å². The number of methoxy groups -OCH3 is 1. The number of rotatable bonds is 7. The smallest absolute Gasteiger partial charge is 0.229 e. The number of para-hydroxylation sites is 1. The Labute approximate surface area is 215 Å². The lowest BCUT2D eigenvalue weighted by atomic mass is 9.98. The number of nitrogens with zero attached hydrogens (tertiary/aromatic N) is 3. The standard InChI is InChI=1S/C26H25N5O3S2/c1-34-23-16-20(11-12-21(23)29-36(2,32)33)31-25(24(28-26(31)35)22-10-6-7-14-27-22)18-13-15-30(17-18)19-8-4-3-5-9-19/h3-17,24-25,29H,1-2H3,(H,28,35)/t24-,25-/m1/s1. The van der Waals surface area contributed by atoms with Crippen LogP contribution in [0.5, 0.6) is 5.75 Å². The Kier molecular flexibility index (Phi) is 6.38. The van der Waals surface area contributed by atoms with Crippen molar-refractivity contribution in [1.29, 1.82) is 0 Å². The van der Waals surface area contributed by atoms with Gasteiger partial charge in [0, 0.05) is 36.0 Å². The Hall–Kier alpha value is -3.89. The van der Waals surface area contributed by atoms with Crippen molar-refractivity contribution in [1.82, 2.24) is 14.9 Å². The molecule has 0 bridgehead atoms. The topological polar surface area (TPSA) is 88.5 Å². The molecule has 184 valence electrons. The normalized spacial score (nSPS) is 17.6. The summed E-state index contributed by atoms with van der Waals surface area (Å²) in [7, 11) is -1.97. The number of sulfonamides is 1. The van der Waals surface area contributed by atoms with Crippen molar-refractivity contribution < 1.29 is 13.2 Å². The van der Waals surface area contributed by atoms with Crippen LogP contribution in [0.1, 0.15) is 23.3 Å². The zero-order valence-corrected chi connectivity index (χ0v) is 21.3. The molecule has 3 heterocycles. The van der Waals surface area contributed by atoms with Crippen LogP contribution in [0.2, 0.25) is 0 Å². The fourth-order valence-corrected chi connectivity index (χ4v) is 5.35. The van der Waals surface area contributed by atoms with Crippen LogP contribution in [-0.4, -0.2) is 36.4 Å². The zero-order chi connectivity index (χ0) is 25.3. The molecular weight excluding hydrogens is 494 g/mol. The van der Waals surface area contributed by atoms with Crippen LogP contribution in [0, 0.1) is 0 Å². The van der Waals surface area contributed by atoms with Crippen molar-refractivity contribution >= 4 is 38.7 Å². The van der Waals surface area contributed by atoms with Crippen LogP contribution in [0.15, 0.2) is 91.4 Å². The van der Waals surface area contributed by atoms with E-state index in [9.17, 15) is 8.42 Å². The predicted octanol–water partition coefficient (Wildman–Crippen LogP) is 4.43. The van der Waals surface area contributed by atoms with Crippen LogP contribution in [-0.2, 0) is 10.0 Å². The van der Waals surface area contributed by atoms with E-state index >= 15 is 0 Å². The summed E-state index contributed by atoms with van der Waals surface area (Å²) in [5.41, 5.74) is 4.08. The minimum absolute atomic E-state index is 0.204. The van der Waals surface area contributed by atoms with Gasteiger partial charge in [0.05, 0.1) is 36.8 Å². The van der Waals surface area contributed by atoms with Crippen molar-refractivity contribution in [3.05, 3.63) is 103 Å². The minimum atomic E-state index is -3.47. The van der Waals surface area contributed by atoms with Crippen molar-refractivity contribution in [3.8, 4) is 11.4 Å². The van der Waals surface area contributed by atoms with Gasteiger partial charge in [0.1, 0.15) is 5.75 Å². The maximum atomic E-state index is 11.8. The van der Waals surface area contributed by atoms with Gasteiger partial charge in [-0.2, -0.15) is 0 Å². The molecule has 0 aliphatic carbocycles. The molecule has 0 amide bonds. The van der Waals surface area contributed by atoms with E-state index in [0.717, 1.165) is 28.9 Å². The van der Waals surface area contributed by atoms with Crippen LogP contribution in [0.25, 0.3) is 5.69 Å². The van der Waals surface area contributed by atoms with Gasteiger partial charge in [-0.05, 0) is 60.2 Å². The number of pyridine rings is 1. The lowest BCUT2D eigenvalue weighted by Gasteiger charge is -2.28. The van der Waals surface area contributed by atoms with Gasteiger partial charge in [0.15, 0.2) is 5.11 Å². The Morgan fingerprint density at radius 2 is 1.81 bits per heavy atom. The summed E-state index contributed by atoms with van der Waals surface area (Å²) in [6.45, 7) is 0. The highest BCUT2D eigenvalue weighted by Gasteiger charge is 2.41. The molecule has 1 aliphatic rings. The van der Waals surface area contributed by atoms with Crippen molar-refractivity contribution in [2.45, 2.75) is 12.1 Å². The molecule has 8 nitrogen and oxygen atoms in total. The molecule has 10 heteroatoms. The van der Waals surface area contributed by atoms with Gasteiger partial charge in [-0.1, -0.05) is 24.3 Å². The van der Waals surface area contributed by atoms with Gasteiger partial charge < -0.3 is 19.5 Å². The first-order valence-corrected chi connectivity index (χ1v) is 13.5. The van der Waals surface area contributed by atoms with Crippen LogP contribution >= 0.6 is 12.2 Å². The number of aromatic nitrogens is 2. The molecule has 0 radical (unpaired) electrons. The van der Waals surface area contributed by atoms with E-state index in [1.807, 2.05) is 65.7 Å². The number of benzene rings is 2. The lowest BCUT2D eigenvalue weighted by Crippen LogP contribution is -2.29. The van der Waals surface area contributed by atoms with Gasteiger partial charge in [-0.25, -0.2) is 8.42 Å². The summed E-state index contributed by atoms with van der Waals surface area (Å²) in [6.07, 6.45) is 6.99. The molecule has 1 saturated heterocycles. The molecule has 36 heavy (non-hydrogen) atoms. The molecule has 5 rings (SSSR count). The van der Waals surface area contributed by atoms with Crippen LogP contribution < -0.4 is 19.7 Å². The molecule has 1 fully saturated rings. The van der Waals surface area contributed by atoms with Gasteiger partial charge >= 0.3 is 0 Å². The van der Waals surface area contributed by atoms with Gasteiger partial charge in [-0.3, -0.25) is 9.71 Å². The monoisotopic (exact) mass is 519 g/mol. The number of nitrogens with one attached hydrogen (secondary N) is 2. The summed E-state index contributed by atoms with van der Waals surface area (Å²) >= 11 is 5.80. The summed E-state index contributed by atoms with van der Waals surface area (Å²) in [5.74, 6) is 0.391. The van der Waals surface area contributed by atoms with Crippen molar-refractivity contribution in [2.24, 2.45) is 0 Å². The predicted molar refractivity (Wildman–Crippen MR) is 145 cm³/mol. The molecule has 1 aliphatic heterocycles. The molecule has 4 aromatic rings. The van der Waals surface area contributed by atoms with E-state index in [1.54, 1.807) is 18.3 Å². The summed E-state index contributed by atoms with van der Waals surface area (Å²) in [5, 5.41) is 3.98. The molecule has 2 N–H and O–H groups in total. The van der Waals surface area contributed by atoms with E-state index in [4.69, 9.17) is 17.0 Å². The average molecular weight is 520 g/mol. The number of thiocarbonyl (C=S) groups is 1. The Bertz CT molecular complexity index is 1490. The van der Waals surface area contributed by atoms with Crippen LogP contribution in [0.4, 0.5) is 11.4 Å². The first-order chi connectivity index (χ1) is 17.3. The van der Waals surface area contributed by atoms with E-state index in [-0.39, 0.29) is 12.1 Å². The molecule has 2 aromatic heterocycles. The van der Waals surface area contributed by atoms with Gasteiger partial charge in [-0.15, -0.1) is 0 Å². The van der Waals surface area contributed by atoms with E-state index in [0.29, 0.717) is 16.5 Å². The fraction of sp³-hybridized carbons (Fsp3) is 0.154. The molecule has 0 unspecified atom stereocenters. The third-order valence-electron chi connectivity index (χ3n) is 5.97. The maximum absolute atomic E-state index is 11.8. The molecule has 2 aromatic carbocycles. The number of ether oxygens (including phenoxy) is 1. The summed E-state index contributed by atoms with van der Waals surface area (Å²) in [6, 6.07) is 22.9. The second-order valence-corrected chi connectivity index (χ2v) is 10.6. The Morgan fingerprint density at radius 3 is 2.50 bits per heavy atom. The largest absolute Gasteiger partial charge is 0.494 e. The molecule has 2 atom stereocenters. The first-order valence-electron chi connectivity index (χ1n) is 11.2. The number of hydrogen-bond donors (Lipinski definition) is 2. The second kappa shape index (κ2) is 9.63. The summed E-state index contributed by atoms with van der Waals surface area (Å²) in [4.78, 5) is 6.62. The van der Waals surface area contributed by atoms with Gasteiger partial charge in [0.25, 0.3) is 0 Å². The third-order valence-corrected chi connectivity index (χ3v) is 6.87. The second-order valence-electron chi connectivity index (χ2n) is 8.44. The zero-order valence-electron chi connectivity index (χ0n) is 19.7. The number of anilines is 2. The average Bonchev–Trinajstić information content (AvgIpc) is 3.49.